The average Bonchev–Trinajstić information content (AvgIpc) is 2.99. The number of carbonyl (C=O) groups excluding carboxylic acids is 2. The van der Waals surface area contributed by atoms with Gasteiger partial charge in [-0.15, -0.1) is 0 Å². The van der Waals surface area contributed by atoms with Crippen molar-refractivity contribution < 1.29 is 14.3 Å². The lowest BCUT2D eigenvalue weighted by Crippen LogP contribution is -2.19. The number of hydrogen-bond donors (Lipinski definition) is 0. The van der Waals surface area contributed by atoms with Gasteiger partial charge in [-0.1, -0.05) is 66.7 Å². The minimum absolute atomic E-state index is 0.0222. The van der Waals surface area contributed by atoms with Crippen LogP contribution in [0.15, 0.2) is 77.9 Å². The second-order valence-corrected chi connectivity index (χ2v) is 6.33. The van der Waals surface area contributed by atoms with E-state index in [9.17, 15) is 9.59 Å². The van der Waals surface area contributed by atoms with Gasteiger partial charge in [0.15, 0.2) is 5.78 Å². The minimum Gasteiger partial charge on any atom is -0.463 e. The number of hydrogen-bond acceptors (Lipinski definition) is 3. The molecule has 0 aliphatic heterocycles. The van der Waals surface area contributed by atoms with Gasteiger partial charge in [0.25, 0.3) is 0 Å². The van der Waals surface area contributed by atoms with Crippen LogP contribution in [0.1, 0.15) is 36.2 Å². The van der Waals surface area contributed by atoms with Crippen molar-refractivity contribution in [1.82, 2.24) is 0 Å². The number of allylic oxidation sites excluding steroid dienone is 3. The van der Waals surface area contributed by atoms with Gasteiger partial charge >= 0.3 is 5.97 Å². The summed E-state index contributed by atoms with van der Waals surface area (Å²) in [7, 11) is 0. The number of rotatable bonds is 6. The van der Waals surface area contributed by atoms with Gasteiger partial charge in [0, 0.05) is 23.5 Å². The Hall–Kier alpha value is -2.94. The molecule has 0 bridgehead atoms. The summed E-state index contributed by atoms with van der Waals surface area (Å²) in [5.74, 6) is -0.601. The molecule has 2 aromatic carbocycles. The molecule has 0 spiro atoms. The molecule has 0 saturated carbocycles. The number of ether oxygens (including phenoxy) is 1. The van der Waals surface area contributed by atoms with Crippen molar-refractivity contribution in [3.05, 3.63) is 89.0 Å². The maximum absolute atomic E-state index is 12.8. The number of ketones is 1. The molecule has 1 aliphatic carbocycles. The molecule has 3 rings (SSSR count). The highest BCUT2D eigenvalue weighted by molar-refractivity contribution is 6.02. The highest BCUT2D eigenvalue weighted by atomic mass is 16.5. The molecule has 3 heteroatoms. The fourth-order valence-corrected chi connectivity index (χ4v) is 3.41. The Labute approximate surface area is 154 Å². The zero-order valence-electron chi connectivity index (χ0n) is 15.1. The zero-order valence-corrected chi connectivity index (χ0v) is 15.1. The van der Waals surface area contributed by atoms with E-state index in [0.29, 0.717) is 17.7 Å². The van der Waals surface area contributed by atoms with Gasteiger partial charge in [-0.2, -0.15) is 0 Å². The van der Waals surface area contributed by atoms with Crippen molar-refractivity contribution in [3.63, 3.8) is 0 Å². The molecule has 26 heavy (non-hydrogen) atoms. The number of esters is 1. The molecule has 1 aliphatic rings. The Balaban J connectivity index is 1.95. The first-order chi connectivity index (χ1) is 12.6. The molecular formula is C23H22O3. The Bertz CT molecular complexity index is 861. The van der Waals surface area contributed by atoms with E-state index in [1.165, 1.54) is 0 Å². The van der Waals surface area contributed by atoms with E-state index in [1.807, 2.05) is 73.7 Å². The second kappa shape index (κ2) is 7.96. The third kappa shape index (κ3) is 3.67. The van der Waals surface area contributed by atoms with E-state index < -0.39 is 0 Å². The van der Waals surface area contributed by atoms with Crippen molar-refractivity contribution in [2.75, 3.05) is 6.61 Å². The predicted octanol–water partition coefficient (Wildman–Crippen LogP) is 4.85. The first-order valence-electron chi connectivity index (χ1n) is 8.85. The Morgan fingerprint density at radius 2 is 1.58 bits per heavy atom. The van der Waals surface area contributed by atoms with Gasteiger partial charge in [-0.3, -0.25) is 4.79 Å². The van der Waals surface area contributed by atoms with E-state index in [2.05, 4.69) is 0 Å². The van der Waals surface area contributed by atoms with Crippen LogP contribution >= 0.6 is 0 Å². The molecule has 0 amide bonds. The average molecular weight is 346 g/mol. The van der Waals surface area contributed by atoms with Crippen LogP contribution in [0, 0.1) is 5.92 Å². The third-order valence-electron chi connectivity index (χ3n) is 4.61. The lowest BCUT2D eigenvalue weighted by atomic mass is 9.85. The first kappa shape index (κ1) is 17.9. The van der Waals surface area contributed by atoms with Gasteiger partial charge in [-0.25, -0.2) is 4.79 Å². The Morgan fingerprint density at radius 1 is 0.962 bits per heavy atom. The lowest BCUT2D eigenvalue weighted by molar-refractivity contribution is -0.138. The summed E-state index contributed by atoms with van der Waals surface area (Å²) in [6.07, 6.45) is 2.25. The van der Waals surface area contributed by atoms with Gasteiger partial charge < -0.3 is 4.74 Å². The minimum atomic E-state index is -0.335. The van der Waals surface area contributed by atoms with Crippen molar-refractivity contribution in [3.8, 4) is 0 Å². The normalized spacial score (nSPS) is 16.4. The summed E-state index contributed by atoms with van der Waals surface area (Å²) in [6, 6.07) is 19.1. The highest BCUT2D eigenvalue weighted by Gasteiger charge is 2.34. The fraction of sp³-hybridized carbons (Fsp3) is 0.217. The van der Waals surface area contributed by atoms with Crippen LogP contribution in [0.2, 0.25) is 0 Å². The van der Waals surface area contributed by atoms with Crippen molar-refractivity contribution in [2.45, 2.75) is 20.3 Å². The molecule has 132 valence electrons. The lowest BCUT2D eigenvalue weighted by Gasteiger charge is -2.19. The van der Waals surface area contributed by atoms with Crippen LogP contribution in [0.4, 0.5) is 0 Å². The summed E-state index contributed by atoms with van der Waals surface area (Å²) in [5.41, 5.74) is 4.14. The van der Waals surface area contributed by atoms with Gasteiger partial charge in [-0.05, 0) is 30.6 Å². The molecule has 0 heterocycles. The molecule has 0 saturated heterocycles. The maximum Gasteiger partial charge on any atom is 0.334 e. The summed E-state index contributed by atoms with van der Waals surface area (Å²) in [6.45, 7) is 4.01. The number of benzene rings is 2. The van der Waals surface area contributed by atoms with Crippen molar-refractivity contribution in [1.29, 1.82) is 0 Å². The van der Waals surface area contributed by atoms with E-state index >= 15 is 0 Å². The summed E-state index contributed by atoms with van der Waals surface area (Å²) in [5, 5.41) is 0. The molecular weight excluding hydrogens is 324 g/mol. The van der Waals surface area contributed by atoms with Crippen LogP contribution in [0.5, 0.6) is 0 Å². The maximum atomic E-state index is 12.8. The van der Waals surface area contributed by atoms with Crippen LogP contribution in [0.3, 0.4) is 0 Å². The van der Waals surface area contributed by atoms with Crippen LogP contribution < -0.4 is 0 Å². The molecule has 1 unspecified atom stereocenters. The van der Waals surface area contributed by atoms with Crippen molar-refractivity contribution in [2.24, 2.45) is 5.92 Å². The predicted molar refractivity (Wildman–Crippen MR) is 103 cm³/mol. The Morgan fingerprint density at radius 3 is 2.19 bits per heavy atom. The molecule has 0 fully saturated rings. The number of carbonyl (C=O) groups is 2. The molecule has 3 nitrogen and oxygen atoms in total. The largest absolute Gasteiger partial charge is 0.463 e. The van der Waals surface area contributed by atoms with Gasteiger partial charge in [0.1, 0.15) is 0 Å². The van der Waals surface area contributed by atoms with Crippen LogP contribution in [-0.4, -0.2) is 18.4 Å². The smallest absolute Gasteiger partial charge is 0.334 e. The molecule has 1 atom stereocenters. The van der Waals surface area contributed by atoms with E-state index in [4.69, 9.17) is 4.74 Å². The molecule has 0 radical (unpaired) electrons. The fourth-order valence-electron chi connectivity index (χ4n) is 3.41. The standard InChI is InChI=1S/C23H22O3/c1-3-26-23(25)22-16(2)14-19(17-10-6-4-7-11-17)20(22)15-21(24)18-12-8-5-9-13-18/h4-14,20H,3,15H2,1-2H3. The summed E-state index contributed by atoms with van der Waals surface area (Å²) in [4.78, 5) is 25.3. The zero-order chi connectivity index (χ0) is 18.5. The van der Waals surface area contributed by atoms with Gasteiger partial charge in [0.05, 0.1) is 6.61 Å². The van der Waals surface area contributed by atoms with Crippen LogP contribution in [0.25, 0.3) is 5.57 Å². The van der Waals surface area contributed by atoms with E-state index in [-0.39, 0.29) is 24.1 Å². The SMILES string of the molecule is CCOC(=O)C1=C(C)C=C(c2ccccc2)C1CC(=O)c1ccccc1. The molecule has 2 aromatic rings. The van der Waals surface area contributed by atoms with Gasteiger partial charge in [0.2, 0.25) is 0 Å². The van der Waals surface area contributed by atoms with E-state index in [1.54, 1.807) is 6.92 Å². The summed E-state index contributed by atoms with van der Waals surface area (Å²) < 4.78 is 5.26. The monoisotopic (exact) mass is 346 g/mol. The highest BCUT2D eigenvalue weighted by Crippen LogP contribution is 2.41. The quantitative estimate of drug-likeness (QED) is 0.554. The van der Waals surface area contributed by atoms with Crippen molar-refractivity contribution >= 4 is 17.3 Å². The first-order valence-corrected chi connectivity index (χ1v) is 8.85. The third-order valence-corrected chi connectivity index (χ3v) is 4.61. The number of Topliss-reactive ketones (excluding diaryl/α,β-unsaturated/α-hetero) is 1. The topological polar surface area (TPSA) is 43.4 Å². The molecule has 0 aromatic heterocycles. The van der Waals surface area contributed by atoms with E-state index in [0.717, 1.165) is 16.7 Å². The summed E-state index contributed by atoms with van der Waals surface area (Å²) >= 11 is 0. The molecule has 0 N–H and O–H groups in total. The Kier molecular flexibility index (Phi) is 5.47. The van der Waals surface area contributed by atoms with Crippen LogP contribution in [-0.2, 0) is 9.53 Å². The second-order valence-electron chi connectivity index (χ2n) is 6.33.